The average molecular weight is 399 g/mol. The topological polar surface area (TPSA) is 67.8 Å². The molecule has 1 aliphatic heterocycles. The number of hydrogen-bond donors (Lipinski definition) is 0. The summed E-state index contributed by atoms with van der Waals surface area (Å²) in [5.41, 5.74) is 1.92. The van der Waals surface area contributed by atoms with Gasteiger partial charge in [-0.1, -0.05) is 23.7 Å². The number of methoxy groups -OCH3 is 2. The summed E-state index contributed by atoms with van der Waals surface area (Å²) in [4.78, 5) is 26.3. The first-order chi connectivity index (χ1) is 13.5. The van der Waals surface area contributed by atoms with Gasteiger partial charge in [-0.05, 0) is 24.3 Å². The van der Waals surface area contributed by atoms with Crippen LogP contribution in [0, 0.1) is 0 Å². The molecule has 0 N–H and O–H groups in total. The third-order valence-corrected chi connectivity index (χ3v) is 5.02. The van der Waals surface area contributed by atoms with Gasteiger partial charge < -0.3 is 14.4 Å². The normalized spacial score (nSPS) is 13.4. The lowest BCUT2D eigenvalue weighted by atomic mass is 10.1. The van der Waals surface area contributed by atoms with E-state index >= 15 is 0 Å². The molecule has 7 nitrogen and oxygen atoms in total. The van der Waals surface area contributed by atoms with Gasteiger partial charge in [0.15, 0.2) is 23.1 Å². The third-order valence-electron chi connectivity index (χ3n) is 4.74. The van der Waals surface area contributed by atoms with Crippen molar-refractivity contribution in [1.29, 1.82) is 0 Å². The van der Waals surface area contributed by atoms with Crippen LogP contribution in [0.1, 0.15) is 10.4 Å². The molecule has 8 heteroatoms. The SMILES string of the molecule is COc1cc(C(=O)N2CCN(C)c3nc4ccccc4nc32)cc(Cl)c1OC. The smallest absolute Gasteiger partial charge is 0.259 e. The molecule has 1 aliphatic rings. The predicted molar refractivity (Wildman–Crippen MR) is 109 cm³/mol. The summed E-state index contributed by atoms with van der Waals surface area (Å²) in [6.07, 6.45) is 0. The number of amides is 1. The van der Waals surface area contributed by atoms with Crippen molar-refractivity contribution in [2.24, 2.45) is 0 Å². The number of carbonyl (C=O) groups is 1. The molecule has 0 bridgehead atoms. The highest BCUT2D eigenvalue weighted by molar-refractivity contribution is 6.33. The molecule has 28 heavy (non-hydrogen) atoms. The molecule has 0 fully saturated rings. The van der Waals surface area contributed by atoms with Crippen molar-refractivity contribution >= 4 is 40.2 Å². The van der Waals surface area contributed by atoms with E-state index in [1.807, 2.05) is 36.2 Å². The minimum Gasteiger partial charge on any atom is -0.493 e. The lowest BCUT2D eigenvalue weighted by Crippen LogP contribution is -2.43. The number of likely N-dealkylation sites (N-methyl/N-ethyl adjacent to an activating group) is 1. The second-order valence-electron chi connectivity index (χ2n) is 6.43. The Kier molecular flexibility index (Phi) is 4.68. The highest BCUT2D eigenvalue weighted by Crippen LogP contribution is 2.37. The highest BCUT2D eigenvalue weighted by atomic mass is 35.5. The summed E-state index contributed by atoms with van der Waals surface area (Å²) in [5.74, 6) is 1.78. The quantitative estimate of drug-likeness (QED) is 0.673. The third kappa shape index (κ3) is 2.97. The summed E-state index contributed by atoms with van der Waals surface area (Å²) >= 11 is 6.29. The second kappa shape index (κ2) is 7.16. The van der Waals surface area contributed by atoms with Crippen LogP contribution >= 0.6 is 11.6 Å². The fourth-order valence-electron chi connectivity index (χ4n) is 3.28. The maximum atomic E-state index is 13.3. The first-order valence-corrected chi connectivity index (χ1v) is 9.12. The fraction of sp³-hybridized carbons (Fsp3) is 0.250. The zero-order chi connectivity index (χ0) is 19.8. The zero-order valence-electron chi connectivity index (χ0n) is 15.8. The number of ether oxygens (including phenoxy) is 2. The first kappa shape index (κ1) is 18.3. The molecule has 2 aromatic carbocycles. The Labute approximate surface area is 167 Å². The lowest BCUT2D eigenvalue weighted by Gasteiger charge is -2.33. The van der Waals surface area contributed by atoms with Gasteiger partial charge >= 0.3 is 0 Å². The summed E-state index contributed by atoms with van der Waals surface area (Å²) in [5, 5.41) is 0.309. The molecule has 0 unspecified atom stereocenters. The molecule has 0 radical (unpaired) electrons. The number of halogens is 1. The Morgan fingerprint density at radius 2 is 1.71 bits per heavy atom. The maximum Gasteiger partial charge on any atom is 0.259 e. The van der Waals surface area contributed by atoms with Crippen LogP contribution in [0.3, 0.4) is 0 Å². The molecule has 0 saturated heterocycles. The minimum atomic E-state index is -0.221. The Morgan fingerprint density at radius 1 is 1.04 bits per heavy atom. The number of benzene rings is 2. The van der Waals surface area contributed by atoms with Gasteiger partial charge in [-0.25, -0.2) is 9.97 Å². The van der Waals surface area contributed by atoms with E-state index in [1.54, 1.807) is 17.0 Å². The Hall–Kier alpha value is -3.06. The van der Waals surface area contributed by atoms with E-state index in [-0.39, 0.29) is 5.91 Å². The fourth-order valence-corrected chi connectivity index (χ4v) is 3.56. The zero-order valence-corrected chi connectivity index (χ0v) is 16.5. The van der Waals surface area contributed by atoms with Gasteiger partial charge in [-0.15, -0.1) is 0 Å². The molecule has 0 atom stereocenters. The molecule has 2 heterocycles. The van der Waals surface area contributed by atoms with Crippen LogP contribution in [0.15, 0.2) is 36.4 Å². The second-order valence-corrected chi connectivity index (χ2v) is 6.84. The van der Waals surface area contributed by atoms with E-state index in [9.17, 15) is 4.79 Å². The monoisotopic (exact) mass is 398 g/mol. The van der Waals surface area contributed by atoms with Gasteiger partial charge in [-0.2, -0.15) is 0 Å². The molecular weight excluding hydrogens is 380 g/mol. The van der Waals surface area contributed by atoms with Crippen molar-refractivity contribution in [3.63, 3.8) is 0 Å². The van der Waals surface area contributed by atoms with Crippen molar-refractivity contribution in [3.8, 4) is 11.5 Å². The van der Waals surface area contributed by atoms with Crippen LogP contribution in [0.2, 0.25) is 5.02 Å². The molecule has 1 amide bonds. The summed E-state index contributed by atoms with van der Waals surface area (Å²) in [6, 6.07) is 10.8. The van der Waals surface area contributed by atoms with Crippen molar-refractivity contribution in [1.82, 2.24) is 9.97 Å². The van der Waals surface area contributed by atoms with Crippen molar-refractivity contribution < 1.29 is 14.3 Å². The molecule has 3 aromatic rings. The Bertz CT molecular complexity index is 1070. The van der Waals surface area contributed by atoms with Gasteiger partial charge in [0.2, 0.25) is 0 Å². The number of nitrogens with zero attached hydrogens (tertiary/aromatic N) is 4. The maximum absolute atomic E-state index is 13.3. The first-order valence-electron chi connectivity index (χ1n) is 8.74. The van der Waals surface area contributed by atoms with E-state index in [4.69, 9.17) is 31.0 Å². The number of aromatic nitrogens is 2. The largest absolute Gasteiger partial charge is 0.493 e. The molecule has 144 valence electrons. The van der Waals surface area contributed by atoms with Crippen molar-refractivity contribution in [2.45, 2.75) is 0 Å². The minimum absolute atomic E-state index is 0.221. The number of carbonyl (C=O) groups excluding carboxylic acids is 1. The number of rotatable bonds is 3. The van der Waals surface area contributed by atoms with E-state index in [2.05, 4.69) is 0 Å². The predicted octanol–water partition coefficient (Wildman–Crippen LogP) is 3.40. The molecule has 0 spiro atoms. The average Bonchev–Trinajstić information content (AvgIpc) is 2.71. The van der Waals surface area contributed by atoms with Gasteiger partial charge in [0.1, 0.15) is 0 Å². The van der Waals surface area contributed by atoms with E-state index in [0.717, 1.165) is 11.0 Å². The van der Waals surface area contributed by atoms with Crippen molar-refractivity contribution in [3.05, 3.63) is 47.0 Å². The van der Waals surface area contributed by atoms with Crippen molar-refractivity contribution in [2.75, 3.05) is 44.2 Å². The van der Waals surface area contributed by atoms with Crippen LogP contribution in [0.4, 0.5) is 11.6 Å². The summed E-state index contributed by atoms with van der Waals surface area (Å²) in [7, 11) is 4.95. The van der Waals surface area contributed by atoms with Gasteiger partial charge in [-0.3, -0.25) is 9.69 Å². The number of fused-ring (bicyclic) bond motifs is 2. The number of anilines is 2. The molecule has 1 aromatic heterocycles. The molecule has 0 saturated carbocycles. The van der Waals surface area contributed by atoms with Crippen LogP contribution in [0.25, 0.3) is 11.0 Å². The summed E-state index contributed by atoms with van der Waals surface area (Å²) < 4.78 is 10.6. The summed E-state index contributed by atoms with van der Waals surface area (Å²) in [6.45, 7) is 1.13. The van der Waals surface area contributed by atoms with Gasteiger partial charge in [0, 0.05) is 25.7 Å². The molecular formula is C20H19ClN4O3. The van der Waals surface area contributed by atoms with Crippen LogP contribution in [-0.2, 0) is 0 Å². The number of hydrogen-bond acceptors (Lipinski definition) is 6. The van der Waals surface area contributed by atoms with Crippen LogP contribution in [0.5, 0.6) is 11.5 Å². The number of para-hydroxylation sites is 2. The lowest BCUT2D eigenvalue weighted by molar-refractivity contribution is 0.0985. The van der Waals surface area contributed by atoms with Crippen LogP contribution in [-0.4, -0.2) is 50.2 Å². The Balaban J connectivity index is 1.81. The van der Waals surface area contributed by atoms with E-state index in [1.165, 1.54) is 14.2 Å². The van der Waals surface area contributed by atoms with Crippen LogP contribution < -0.4 is 19.3 Å². The van der Waals surface area contributed by atoms with E-state index in [0.29, 0.717) is 46.8 Å². The molecule has 0 aliphatic carbocycles. The highest BCUT2D eigenvalue weighted by Gasteiger charge is 2.30. The van der Waals surface area contributed by atoms with E-state index < -0.39 is 0 Å². The Morgan fingerprint density at radius 3 is 2.36 bits per heavy atom. The van der Waals surface area contributed by atoms with Gasteiger partial charge in [0.05, 0.1) is 30.3 Å². The van der Waals surface area contributed by atoms with Gasteiger partial charge in [0.25, 0.3) is 5.91 Å². The standard InChI is InChI=1S/C20H19ClN4O3/c1-24-8-9-25(19-18(24)22-14-6-4-5-7-15(14)23-19)20(26)12-10-13(21)17(28-3)16(11-12)27-2/h4-7,10-11H,8-9H2,1-3H3. The molecule has 4 rings (SSSR count).